The SMILES string of the molecule is CCCN(CC)Cc1ccc(N)cc1F. The molecule has 0 atom stereocenters. The van der Waals surface area contributed by atoms with Crippen LogP contribution in [0.2, 0.25) is 0 Å². The predicted molar refractivity (Wildman–Crippen MR) is 62.1 cm³/mol. The van der Waals surface area contributed by atoms with E-state index >= 15 is 0 Å². The van der Waals surface area contributed by atoms with Gasteiger partial charge in [-0.05, 0) is 31.6 Å². The standard InChI is InChI=1S/C12H19FN2/c1-3-7-15(4-2)9-10-5-6-11(14)8-12(10)13/h5-6,8H,3-4,7,9,14H2,1-2H3. The van der Waals surface area contributed by atoms with Gasteiger partial charge in [-0.3, -0.25) is 4.90 Å². The third kappa shape index (κ3) is 3.51. The van der Waals surface area contributed by atoms with E-state index in [1.54, 1.807) is 12.1 Å². The summed E-state index contributed by atoms with van der Waals surface area (Å²) in [4.78, 5) is 2.22. The van der Waals surface area contributed by atoms with E-state index in [0.717, 1.165) is 25.1 Å². The summed E-state index contributed by atoms with van der Waals surface area (Å²) < 4.78 is 13.5. The highest BCUT2D eigenvalue weighted by Crippen LogP contribution is 2.14. The highest BCUT2D eigenvalue weighted by Gasteiger charge is 2.07. The van der Waals surface area contributed by atoms with Crippen LogP contribution in [0.15, 0.2) is 18.2 Å². The maximum Gasteiger partial charge on any atom is 0.129 e. The van der Waals surface area contributed by atoms with E-state index in [-0.39, 0.29) is 5.82 Å². The van der Waals surface area contributed by atoms with Gasteiger partial charge in [0.2, 0.25) is 0 Å². The fourth-order valence-corrected chi connectivity index (χ4v) is 1.60. The average Bonchev–Trinajstić information content (AvgIpc) is 2.21. The molecule has 0 saturated heterocycles. The van der Waals surface area contributed by atoms with Gasteiger partial charge in [-0.15, -0.1) is 0 Å². The molecule has 0 amide bonds. The zero-order chi connectivity index (χ0) is 11.3. The van der Waals surface area contributed by atoms with Crippen molar-refractivity contribution in [3.05, 3.63) is 29.6 Å². The number of halogens is 1. The minimum atomic E-state index is -0.204. The molecule has 0 bridgehead atoms. The largest absolute Gasteiger partial charge is 0.399 e. The van der Waals surface area contributed by atoms with Crippen LogP contribution in [0.3, 0.4) is 0 Å². The van der Waals surface area contributed by atoms with Gasteiger partial charge in [0.1, 0.15) is 5.82 Å². The Morgan fingerprint density at radius 3 is 2.60 bits per heavy atom. The molecule has 0 aliphatic rings. The van der Waals surface area contributed by atoms with E-state index in [1.807, 2.05) is 0 Å². The molecule has 0 spiro atoms. The number of nitrogen functional groups attached to an aromatic ring is 1. The molecule has 0 aromatic heterocycles. The van der Waals surface area contributed by atoms with Gasteiger partial charge in [0.15, 0.2) is 0 Å². The third-order valence-electron chi connectivity index (χ3n) is 2.46. The van der Waals surface area contributed by atoms with Crippen molar-refractivity contribution in [3.8, 4) is 0 Å². The van der Waals surface area contributed by atoms with Crippen molar-refractivity contribution in [2.45, 2.75) is 26.8 Å². The van der Waals surface area contributed by atoms with E-state index in [1.165, 1.54) is 6.07 Å². The molecule has 0 heterocycles. The highest BCUT2D eigenvalue weighted by atomic mass is 19.1. The van der Waals surface area contributed by atoms with Gasteiger partial charge in [0.05, 0.1) is 0 Å². The molecule has 1 aromatic carbocycles. The van der Waals surface area contributed by atoms with E-state index in [0.29, 0.717) is 12.2 Å². The maximum absolute atomic E-state index is 13.5. The molecule has 0 radical (unpaired) electrons. The minimum Gasteiger partial charge on any atom is -0.399 e. The smallest absolute Gasteiger partial charge is 0.129 e. The monoisotopic (exact) mass is 210 g/mol. The molecule has 2 nitrogen and oxygen atoms in total. The number of hydrogen-bond acceptors (Lipinski definition) is 2. The van der Waals surface area contributed by atoms with Crippen molar-refractivity contribution < 1.29 is 4.39 Å². The first kappa shape index (κ1) is 12.0. The van der Waals surface area contributed by atoms with Crippen molar-refractivity contribution >= 4 is 5.69 Å². The summed E-state index contributed by atoms with van der Waals surface area (Å²) in [6.07, 6.45) is 1.09. The second kappa shape index (κ2) is 5.71. The van der Waals surface area contributed by atoms with Crippen molar-refractivity contribution in [1.82, 2.24) is 4.90 Å². The Morgan fingerprint density at radius 1 is 1.33 bits per heavy atom. The Hall–Kier alpha value is -1.09. The Balaban J connectivity index is 2.70. The summed E-state index contributed by atoms with van der Waals surface area (Å²) in [5, 5.41) is 0. The maximum atomic E-state index is 13.5. The van der Waals surface area contributed by atoms with Crippen molar-refractivity contribution in [2.75, 3.05) is 18.8 Å². The van der Waals surface area contributed by atoms with Crippen LogP contribution in [-0.4, -0.2) is 18.0 Å². The zero-order valence-electron chi connectivity index (χ0n) is 9.46. The molecule has 84 valence electrons. The van der Waals surface area contributed by atoms with Gasteiger partial charge in [0, 0.05) is 17.8 Å². The zero-order valence-corrected chi connectivity index (χ0v) is 9.46. The molecule has 0 unspecified atom stereocenters. The molecule has 0 fully saturated rings. The Kier molecular flexibility index (Phi) is 4.56. The molecule has 0 aliphatic heterocycles. The summed E-state index contributed by atoms with van der Waals surface area (Å²) in [6, 6.07) is 4.90. The summed E-state index contributed by atoms with van der Waals surface area (Å²) in [7, 11) is 0. The Bertz CT molecular complexity index is 312. The fourth-order valence-electron chi connectivity index (χ4n) is 1.60. The lowest BCUT2D eigenvalue weighted by Gasteiger charge is -2.19. The highest BCUT2D eigenvalue weighted by molar-refractivity contribution is 5.40. The molecule has 1 rings (SSSR count). The van der Waals surface area contributed by atoms with E-state index < -0.39 is 0 Å². The third-order valence-corrected chi connectivity index (χ3v) is 2.46. The van der Waals surface area contributed by atoms with E-state index in [2.05, 4.69) is 18.7 Å². The van der Waals surface area contributed by atoms with Gasteiger partial charge in [-0.25, -0.2) is 4.39 Å². The van der Waals surface area contributed by atoms with Gasteiger partial charge >= 0.3 is 0 Å². The van der Waals surface area contributed by atoms with Crippen LogP contribution >= 0.6 is 0 Å². The van der Waals surface area contributed by atoms with Gasteiger partial charge in [-0.2, -0.15) is 0 Å². The van der Waals surface area contributed by atoms with Crippen LogP contribution in [-0.2, 0) is 6.54 Å². The molecule has 3 heteroatoms. The normalized spacial score (nSPS) is 10.9. The fraction of sp³-hybridized carbons (Fsp3) is 0.500. The molecule has 2 N–H and O–H groups in total. The van der Waals surface area contributed by atoms with Crippen LogP contribution in [0.25, 0.3) is 0 Å². The van der Waals surface area contributed by atoms with Crippen LogP contribution in [0.4, 0.5) is 10.1 Å². The molecule has 1 aromatic rings. The minimum absolute atomic E-state index is 0.204. The van der Waals surface area contributed by atoms with E-state index in [9.17, 15) is 4.39 Å². The number of nitrogens with zero attached hydrogens (tertiary/aromatic N) is 1. The molecule has 15 heavy (non-hydrogen) atoms. The average molecular weight is 210 g/mol. The van der Waals surface area contributed by atoms with E-state index in [4.69, 9.17) is 5.73 Å². The molecular formula is C12H19FN2. The molecule has 0 aliphatic carbocycles. The second-order valence-electron chi connectivity index (χ2n) is 3.72. The number of rotatable bonds is 5. The number of benzene rings is 1. The lowest BCUT2D eigenvalue weighted by Crippen LogP contribution is -2.24. The van der Waals surface area contributed by atoms with Gasteiger partial charge in [-0.1, -0.05) is 19.9 Å². The first-order chi connectivity index (χ1) is 7.17. The quantitative estimate of drug-likeness (QED) is 0.757. The number of anilines is 1. The summed E-state index contributed by atoms with van der Waals surface area (Å²) in [5.74, 6) is -0.204. The summed E-state index contributed by atoms with van der Waals surface area (Å²) in [6.45, 7) is 6.82. The second-order valence-corrected chi connectivity index (χ2v) is 3.72. The summed E-state index contributed by atoms with van der Waals surface area (Å²) in [5.41, 5.74) is 6.70. The predicted octanol–water partition coefficient (Wildman–Crippen LogP) is 2.64. The number of nitrogens with two attached hydrogens (primary N) is 1. The lowest BCUT2D eigenvalue weighted by molar-refractivity contribution is 0.276. The van der Waals surface area contributed by atoms with Crippen LogP contribution in [0.1, 0.15) is 25.8 Å². The first-order valence-electron chi connectivity index (χ1n) is 5.43. The lowest BCUT2D eigenvalue weighted by atomic mass is 10.1. The molecule has 0 saturated carbocycles. The van der Waals surface area contributed by atoms with Gasteiger partial charge < -0.3 is 5.73 Å². The Morgan fingerprint density at radius 2 is 2.07 bits per heavy atom. The van der Waals surface area contributed by atoms with Gasteiger partial charge in [0.25, 0.3) is 0 Å². The van der Waals surface area contributed by atoms with Crippen LogP contribution in [0.5, 0.6) is 0 Å². The van der Waals surface area contributed by atoms with Crippen LogP contribution in [0, 0.1) is 5.82 Å². The first-order valence-corrected chi connectivity index (χ1v) is 5.43. The van der Waals surface area contributed by atoms with Crippen LogP contribution < -0.4 is 5.73 Å². The van der Waals surface area contributed by atoms with Crippen molar-refractivity contribution in [2.24, 2.45) is 0 Å². The summed E-state index contributed by atoms with van der Waals surface area (Å²) >= 11 is 0. The van der Waals surface area contributed by atoms with Crippen molar-refractivity contribution in [1.29, 1.82) is 0 Å². The topological polar surface area (TPSA) is 29.3 Å². The Labute approximate surface area is 90.9 Å². The number of hydrogen-bond donors (Lipinski definition) is 1. The molecular weight excluding hydrogens is 191 g/mol. The van der Waals surface area contributed by atoms with Crippen molar-refractivity contribution in [3.63, 3.8) is 0 Å².